The zero-order chi connectivity index (χ0) is 11.7. The maximum absolute atomic E-state index is 11.6. The summed E-state index contributed by atoms with van der Waals surface area (Å²) in [5.41, 5.74) is 7.42. The molecule has 0 spiro atoms. The molecule has 0 aliphatic carbocycles. The van der Waals surface area contributed by atoms with Crippen LogP contribution in [-0.4, -0.2) is 30.5 Å². The van der Waals surface area contributed by atoms with Gasteiger partial charge in [-0.3, -0.25) is 4.79 Å². The van der Waals surface area contributed by atoms with Crippen LogP contribution in [0.3, 0.4) is 0 Å². The SMILES string of the molecule is Cc1cc(O[C@H]2CCN(C)C2=O)ccc1N. The Morgan fingerprint density at radius 2 is 2.25 bits per heavy atom. The second-order valence-electron chi connectivity index (χ2n) is 4.17. The standard InChI is InChI=1S/C12H16N2O2/c1-8-7-9(3-4-10(8)13)16-11-5-6-14(2)12(11)15/h3-4,7,11H,5-6,13H2,1-2H3/t11-/m0/s1. The summed E-state index contributed by atoms with van der Waals surface area (Å²) in [4.78, 5) is 13.3. The number of hydrogen-bond donors (Lipinski definition) is 1. The number of hydrogen-bond acceptors (Lipinski definition) is 3. The van der Waals surface area contributed by atoms with Crippen LogP contribution >= 0.6 is 0 Å². The van der Waals surface area contributed by atoms with Crippen molar-refractivity contribution in [3.05, 3.63) is 23.8 Å². The fourth-order valence-corrected chi connectivity index (χ4v) is 1.79. The molecule has 1 atom stereocenters. The third-order valence-corrected chi connectivity index (χ3v) is 2.90. The Balaban J connectivity index is 2.10. The molecule has 4 heteroatoms. The fourth-order valence-electron chi connectivity index (χ4n) is 1.79. The van der Waals surface area contributed by atoms with Crippen LogP contribution in [0.15, 0.2) is 18.2 Å². The summed E-state index contributed by atoms with van der Waals surface area (Å²) in [6.45, 7) is 2.68. The molecule has 1 amide bonds. The molecular formula is C12H16N2O2. The van der Waals surface area contributed by atoms with Crippen molar-refractivity contribution in [2.45, 2.75) is 19.4 Å². The van der Waals surface area contributed by atoms with Crippen molar-refractivity contribution in [1.29, 1.82) is 0 Å². The summed E-state index contributed by atoms with van der Waals surface area (Å²) in [6, 6.07) is 5.46. The summed E-state index contributed by atoms with van der Waals surface area (Å²) in [5.74, 6) is 0.759. The van der Waals surface area contributed by atoms with Crippen LogP contribution in [0.25, 0.3) is 0 Å². The Morgan fingerprint density at radius 1 is 1.50 bits per heavy atom. The van der Waals surface area contributed by atoms with Crippen LogP contribution in [0.5, 0.6) is 5.75 Å². The molecule has 4 nitrogen and oxygen atoms in total. The lowest BCUT2D eigenvalue weighted by Crippen LogP contribution is -2.29. The van der Waals surface area contributed by atoms with Crippen molar-refractivity contribution in [1.82, 2.24) is 4.90 Å². The van der Waals surface area contributed by atoms with Gasteiger partial charge in [-0.25, -0.2) is 0 Å². The third-order valence-electron chi connectivity index (χ3n) is 2.90. The number of aryl methyl sites for hydroxylation is 1. The first-order valence-electron chi connectivity index (χ1n) is 5.35. The van der Waals surface area contributed by atoms with E-state index < -0.39 is 0 Å². The Morgan fingerprint density at radius 3 is 2.81 bits per heavy atom. The summed E-state index contributed by atoms with van der Waals surface area (Å²) in [7, 11) is 1.79. The molecule has 1 heterocycles. The van der Waals surface area contributed by atoms with Gasteiger partial charge in [-0.05, 0) is 30.7 Å². The molecule has 16 heavy (non-hydrogen) atoms. The summed E-state index contributed by atoms with van der Waals surface area (Å²) in [5, 5.41) is 0. The van der Waals surface area contributed by atoms with E-state index in [0.29, 0.717) is 5.75 Å². The van der Waals surface area contributed by atoms with Gasteiger partial charge in [0.25, 0.3) is 5.91 Å². The molecule has 0 radical (unpaired) electrons. The molecular weight excluding hydrogens is 204 g/mol. The molecule has 1 aromatic carbocycles. The highest BCUT2D eigenvalue weighted by Gasteiger charge is 2.30. The van der Waals surface area contributed by atoms with Gasteiger partial charge in [0.15, 0.2) is 6.10 Å². The van der Waals surface area contributed by atoms with Gasteiger partial charge in [-0.15, -0.1) is 0 Å². The van der Waals surface area contributed by atoms with Gasteiger partial charge in [0.1, 0.15) is 5.75 Å². The summed E-state index contributed by atoms with van der Waals surface area (Å²) >= 11 is 0. The number of amides is 1. The van der Waals surface area contributed by atoms with E-state index in [1.165, 1.54) is 0 Å². The number of likely N-dealkylation sites (tertiary alicyclic amines) is 1. The number of likely N-dealkylation sites (N-methyl/N-ethyl adjacent to an activating group) is 1. The smallest absolute Gasteiger partial charge is 0.263 e. The van der Waals surface area contributed by atoms with Gasteiger partial charge in [0, 0.05) is 25.7 Å². The minimum absolute atomic E-state index is 0.0504. The van der Waals surface area contributed by atoms with Crippen molar-refractivity contribution in [2.75, 3.05) is 19.3 Å². The predicted octanol–water partition coefficient (Wildman–Crippen LogP) is 1.19. The number of ether oxygens (including phenoxy) is 1. The maximum atomic E-state index is 11.6. The largest absolute Gasteiger partial charge is 0.481 e. The molecule has 0 aromatic heterocycles. The van der Waals surface area contributed by atoms with Gasteiger partial charge in [-0.2, -0.15) is 0 Å². The average molecular weight is 220 g/mol. The minimum atomic E-state index is -0.340. The lowest BCUT2D eigenvalue weighted by molar-refractivity contribution is -0.132. The van der Waals surface area contributed by atoms with Crippen LogP contribution in [0, 0.1) is 6.92 Å². The van der Waals surface area contributed by atoms with Gasteiger partial charge in [0.05, 0.1) is 0 Å². The monoisotopic (exact) mass is 220 g/mol. The Kier molecular flexibility index (Phi) is 2.73. The minimum Gasteiger partial charge on any atom is -0.481 e. The number of nitrogens with zero attached hydrogens (tertiary/aromatic N) is 1. The first-order valence-corrected chi connectivity index (χ1v) is 5.35. The van der Waals surface area contributed by atoms with E-state index in [4.69, 9.17) is 10.5 Å². The fraction of sp³-hybridized carbons (Fsp3) is 0.417. The molecule has 1 saturated heterocycles. The van der Waals surface area contributed by atoms with Crippen molar-refractivity contribution in [3.8, 4) is 5.75 Å². The quantitative estimate of drug-likeness (QED) is 0.762. The third kappa shape index (κ3) is 1.96. The van der Waals surface area contributed by atoms with Gasteiger partial charge < -0.3 is 15.4 Å². The van der Waals surface area contributed by atoms with Gasteiger partial charge in [0.2, 0.25) is 0 Å². The lowest BCUT2D eigenvalue weighted by Gasteiger charge is -2.13. The number of benzene rings is 1. The molecule has 86 valence electrons. The molecule has 2 N–H and O–H groups in total. The molecule has 1 aliphatic heterocycles. The Bertz CT molecular complexity index is 417. The van der Waals surface area contributed by atoms with E-state index in [2.05, 4.69) is 0 Å². The van der Waals surface area contributed by atoms with E-state index in [-0.39, 0.29) is 12.0 Å². The topological polar surface area (TPSA) is 55.6 Å². The Hall–Kier alpha value is -1.71. The van der Waals surface area contributed by atoms with Crippen LogP contribution < -0.4 is 10.5 Å². The van der Waals surface area contributed by atoms with Gasteiger partial charge >= 0.3 is 0 Å². The van der Waals surface area contributed by atoms with Crippen LogP contribution in [0.4, 0.5) is 5.69 Å². The molecule has 1 aromatic rings. The first-order chi connectivity index (χ1) is 7.58. The normalized spacial score (nSPS) is 20.2. The lowest BCUT2D eigenvalue weighted by atomic mass is 10.2. The van der Waals surface area contributed by atoms with Crippen LogP contribution in [-0.2, 0) is 4.79 Å². The van der Waals surface area contributed by atoms with Crippen LogP contribution in [0.2, 0.25) is 0 Å². The molecule has 0 bridgehead atoms. The van der Waals surface area contributed by atoms with Crippen molar-refractivity contribution < 1.29 is 9.53 Å². The predicted molar refractivity (Wildman–Crippen MR) is 62.3 cm³/mol. The second-order valence-corrected chi connectivity index (χ2v) is 4.17. The van der Waals surface area contributed by atoms with Gasteiger partial charge in [-0.1, -0.05) is 0 Å². The number of carbonyl (C=O) groups is 1. The molecule has 0 unspecified atom stereocenters. The zero-order valence-electron chi connectivity index (χ0n) is 9.56. The molecule has 0 saturated carbocycles. The summed E-state index contributed by atoms with van der Waals surface area (Å²) < 4.78 is 5.65. The van der Waals surface area contributed by atoms with E-state index in [1.807, 2.05) is 13.0 Å². The van der Waals surface area contributed by atoms with E-state index in [9.17, 15) is 4.79 Å². The van der Waals surface area contributed by atoms with Crippen LogP contribution in [0.1, 0.15) is 12.0 Å². The second kappa shape index (κ2) is 4.04. The number of nitrogen functional groups attached to an aromatic ring is 1. The number of carbonyl (C=O) groups excluding carboxylic acids is 1. The number of rotatable bonds is 2. The number of nitrogens with two attached hydrogens (primary N) is 1. The Labute approximate surface area is 95.0 Å². The van der Waals surface area contributed by atoms with E-state index >= 15 is 0 Å². The molecule has 1 fully saturated rings. The summed E-state index contributed by atoms with van der Waals surface area (Å²) in [6.07, 6.45) is 0.409. The zero-order valence-corrected chi connectivity index (χ0v) is 9.56. The molecule has 2 rings (SSSR count). The number of anilines is 1. The highest BCUT2D eigenvalue weighted by atomic mass is 16.5. The maximum Gasteiger partial charge on any atom is 0.263 e. The van der Waals surface area contributed by atoms with Crippen molar-refractivity contribution in [2.24, 2.45) is 0 Å². The van der Waals surface area contributed by atoms with E-state index in [0.717, 1.165) is 24.2 Å². The van der Waals surface area contributed by atoms with Crippen molar-refractivity contribution >= 4 is 11.6 Å². The van der Waals surface area contributed by atoms with Crippen molar-refractivity contribution in [3.63, 3.8) is 0 Å². The highest BCUT2D eigenvalue weighted by Crippen LogP contribution is 2.22. The highest BCUT2D eigenvalue weighted by molar-refractivity contribution is 5.83. The average Bonchev–Trinajstić information content (AvgIpc) is 2.55. The first kappa shape index (κ1) is 10.8. The van der Waals surface area contributed by atoms with E-state index in [1.54, 1.807) is 24.1 Å². The molecule has 1 aliphatic rings.